The molecule has 5 aromatic carbocycles. The lowest BCUT2D eigenvalue weighted by molar-refractivity contribution is 0.340. The number of nitrogens with one attached hydrogen (secondary N) is 2. The van der Waals surface area contributed by atoms with Crippen molar-refractivity contribution in [3.05, 3.63) is 142 Å². The second kappa shape index (κ2) is 16.6. The molecule has 0 saturated carbocycles. The van der Waals surface area contributed by atoms with Crippen LogP contribution in [-0.4, -0.2) is 47.3 Å². The van der Waals surface area contributed by atoms with Gasteiger partial charge >= 0.3 is 0 Å². The number of benzene rings is 5. The molecule has 2 N–H and O–H groups in total. The van der Waals surface area contributed by atoms with Crippen LogP contribution in [0.25, 0.3) is 20.4 Å². The summed E-state index contributed by atoms with van der Waals surface area (Å²) in [6.07, 6.45) is 3.41. The summed E-state index contributed by atoms with van der Waals surface area (Å²) in [4.78, 5) is 9.57. The van der Waals surface area contributed by atoms with Crippen molar-refractivity contribution < 1.29 is 9.47 Å². The van der Waals surface area contributed by atoms with E-state index in [1.165, 1.54) is 0 Å². The van der Waals surface area contributed by atoms with Gasteiger partial charge in [-0.25, -0.2) is 9.97 Å². The molecule has 0 amide bonds. The van der Waals surface area contributed by atoms with Crippen LogP contribution < -0.4 is 20.1 Å². The zero-order valence-corrected chi connectivity index (χ0v) is 30.1. The third-order valence-corrected chi connectivity index (χ3v) is 9.60. The molecule has 7 rings (SSSR count). The molecule has 0 unspecified atom stereocenters. The summed E-state index contributed by atoms with van der Waals surface area (Å²) in [5, 5.41) is 26.2. The summed E-state index contributed by atoms with van der Waals surface area (Å²) in [6.45, 7) is 5.14. The first-order chi connectivity index (χ1) is 25.6. The second-order valence-electron chi connectivity index (χ2n) is 11.2. The highest BCUT2D eigenvalue weighted by molar-refractivity contribution is 7.20. The molecule has 7 aromatic rings. The van der Waals surface area contributed by atoms with Crippen molar-refractivity contribution in [2.75, 3.05) is 23.8 Å². The van der Waals surface area contributed by atoms with Crippen LogP contribution in [-0.2, 0) is 0 Å². The maximum Gasteiger partial charge on any atom is 0.189 e. The molecule has 0 fully saturated rings. The predicted molar refractivity (Wildman–Crippen MR) is 216 cm³/mol. The van der Waals surface area contributed by atoms with Crippen molar-refractivity contribution in [2.45, 2.75) is 13.8 Å². The average Bonchev–Trinajstić information content (AvgIpc) is 3.81. The molecule has 0 bridgehead atoms. The number of ether oxygens (including phenoxy) is 2. The van der Waals surface area contributed by atoms with E-state index in [-0.39, 0.29) is 0 Å². The van der Waals surface area contributed by atoms with Crippen molar-refractivity contribution in [1.29, 1.82) is 0 Å². The van der Waals surface area contributed by atoms with Crippen LogP contribution in [0, 0.1) is 0 Å². The van der Waals surface area contributed by atoms with Gasteiger partial charge in [0.1, 0.15) is 11.5 Å². The monoisotopic (exact) mass is 722 g/mol. The lowest BCUT2D eigenvalue weighted by Crippen LogP contribution is -2.13. The quantitative estimate of drug-likeness (QED) is 0.0737. The Kier molecular flexibility index (Phi) is 11.0. The normalized spacial score (nSPS) is 12.3. The van der Waals surface area contributed by atoms with Gasteiger partial charge in [-0.2, -0.15) is 10.2 Å². The molecule has 0 saturated heterocycles. The number of hydrogen-bond acceptors (Lipinski definition) is 10. The molecule has 0 atom stereocenters. The van der Waals surface area contributed by atoms with Crippen LogP contribution >= 0.6 is 22.7 Å². The van der Waals surface area contributed by atoms with E-state index in [9.17, 15) is 0 Å². The minimum absolute atomic E-state index is 0.547. The Balaban J connectivity index is 1.08. The third-order valence-electron chi connectivity index (χ3n) is 7.51. The van der Waals surface area contributed by atoms with Gasteiger partial charge in [0.15, 0.2) is 21.7 Å². The van der Waals surface area contributed by atoms with Crippen molar-refractivity contribution in [2.24, 2.45) is 20.4 Å². The van der Waals surface area contributed by atoms with Crippen molar-refractivity contribution in [1.82, 2.24) is 9.97 Å². The highest BCUT2D eigenvalue weighted by Gasteiger charge is 2.13. The number of hydrogen-bond donors (Lipinski definition) is 2. The van der Waals surface area contributed by atoms with E-state index in [2.05, 4.69) is 31.0 Å². The smallest absolute Gasteiger partial charge is 0.189 e. The Labute approximate surface area is 309 Å². The molecular formula is C40H34N8O2S2. The molecule has 258 valence electrons. The molecule has 10 nitrogen and oxygen atoms in total. The Morgan fingerprint density at radius 2 is 0.962 bits per heavy atom. The van der Waals surface area contributed by atoms with E-state index >= 15 is 0 Å². The zero-order valence-electron chi connectivity index (χ0n) is 28.4. The maximum absolute atomic E-state index is 5.59. The van der Waals surface area contributed by atoms with E-state index in [1.54, 1.807) is 35.1 Å². The van der Waals surface area contributed by atoms with E-state index in [4.69, 9.17) is 19.4 Å². The van der Waals surface area contributed by atoms with Crippen LogP contribution in [0.15, 0.2) is 142 Å². The first-order valence-corrected chi connectivity index (χ1v) is 18.3. The zero-order chi connectivity index (χ0) is 35.5. The molecule has 0 aliphatic rings. The summed E-state index contributed by atoms with van der Waals surface area (Å²) in [7, 11) is 0. The van der Waals surface area contributed by atoms with Gasteiger partial charge < -0.3 is 20.1 Å². The molecule has 2 heterocycles. The van der Waals surface area contributed by atoms with Gasteiger partial charge in [-0.15, -0.1) is 32.9 Å². The highest BCUT2D eigenvalue weighted by Crippen LogP contribution is 2.25. The number of para-hydroxylation sites is 2. The minimum Gasteiger partial charge on any atom is -0.494 e. The first-order valence-electron chi connectivity index (χ1n) is 16.7. The Bertz CT molecular complexity index is 2150. The number of anilines is 2. The van der Waals surface area contributed by atoms with Gasteiger partial charge in [-0.05, 0) is 97.8 Å². The predicted octanol–water partition coefficient (Wildman–Crippen LogP) is 9.49. The second-order valence-corrected chi connectivity index (χ2v) is 13.3. The molecule has 0 aliphatic heterocycles. The highest BCUT2D eigenvalue weighted by atomic mass is 32.1. The lowest BCUT2D eigenvalue weighted by Gasteiger charge is -2.08. The molecule has 0 aliphatic carbocycles. The molecule has 2 aromatic heterocycles. The van der Waals surface area contributed by atoms with Crippen LogP contribution in [0.4, 0.5) is 11.4 Å². The Morgan fingerprint density at radius 1 is 0.558 bits per heavy atom. The summed E-state index contributed by atoms with van der Waals surface area (Å²) < 4.78 is 13.3. The average molecular weight is 723 g/mol. The molecule has 0 radical (unpaired) electrons. The fourth-order valence-electron chi connectivity index (χ4n) is 5.04. The van der Waals surface area contributed by atoms with Gasteiger partial charge in [0, 0.05) is 11.4 Å². The van der Waals surface area contributed by atoms with E-state index in [0.717, 1.165) is 64.4 Å². The van der Waals surface area contributed by atoms with Gasteiger partial charge in [-0.3, -0.25) is 0 Å². The van der Waals surface area contributed by atoms with Crippen molar-refractivity contribution in [3.8, 4) is 11.5 Å². The van der Waals surface area contributed by atoms with Crippen LogP contribution in [0.3, 0.4) is 0 Å². The number of aromatic nitrogens is 2. The minimum atomic E-state index is 0.547. The fourth-order valence-corrected chi connectivity index (χ4v) is 6.85. The number of fused-ring (bicyclic) bond motifs is 2. The SMILES string of the molecule is CCOc1ccc(N/C(=N\N=C\c2ccc(/C=N/N=C(\Nc3ccc(OCC)cc3)c3nc4ccccc4s3)cc2)c2nc3ccccc3s2)cc1. The van der Waals surface area contributed by atoms with Gasteiger partial charge in [-0.1, -0.05) is 48.5 Å². The largest absolute Gasteiger partial charge is 0.494 e. The first kappa shape index (κ1) is 34.2. The Morgan fingerprint density at radius 3 is 1.35 bits per heavy atom. The van der Waals surface area contributed by atoms with Crippen LogP contribution in [0.2, 0.25) is 0 Å². The van der Waals surface area contributed by atoms with Crippen molar-refractivity contribution >= 4 is 78.6 Å². The molecular weight excluding hydrogens is 689 g/mol. The van der Waals surface area contributed by atoms with Gasteiger partial charge in [0.05, 0.1) is 46.1 Å². The number of rotatable bonds is 12. The van der Waals surface area contributed by atoms with Crippen LogP contribution in [0.5, 0.6) is 11.5 Å². The summed E-state index contributed by atoms with van der Waals surface area (Å²) in [5.74, 6) is 2.70. The summed E-state index contributed by atoms with van der Waals surface area (Å²) >= 11 is 3.11. The standard InChI is InChI=1S/C40H34N8O2S2/c1-3-49-31-21-17-29(18-22-31)43-37(39-45-33-9-5-7-11-35(33)51-39)47-41-25-27-13-15-28(16-14-27)26-42-48-38(40-46-34-10-6-8-12-36(34)52-40)44-30-19-23-32(24-20-30)50-4-2/h5-26H,3-4H2,1-2H3,(H,43,47)(H,44,48)/b41-25+,42-26+. The lowest BCUT2D eigenvalue weighted by atomic mass is 10.2. The summed E-state index contributed by atoms with van der Waals surface area (Å²) in [5.41, 5.74) is 5.28. The number of thiazole rings is 2. The summed E-state index contributed by atoms with van der Waals surface area (Å²) in [6, 6.07) is 39.3. The van der Waals surface area contributed by atoms with E-state index in [0.29, 0.717) is 24.9 Å². The molecule has 0 spiro atoms. The third kappa shape index (κ3) is 8.73. The van der Waals surface area contributed by atoms with Gasteiger partial charge in [0.25, 0.3) is 0 Å². The molecule has 52 heavy (non-hydrogen) atoms. The van der Waals surface area contributed by atoms with Crippen LogP contribution in [0.1, 0.15) is 35.0 Å². The molecule has 12 heteroatoms. The van der Waals surface area contributed by atoms with E-state index < -0.39 is 0 Å². The number of amidine groups is 2. The van der Waals surface area contributed by atoms with E-state index in [1.807, 2.05) is 135 Å². The fraction of sp³-hybridized carbons (Fsp3) is 0.100. The topological polar surface area (TPSA) is 118 Å². The maximum atomic E-state index is 5.59. The van der Waals surface area contributed by atoms with Crippen molar-refractivity contribution in [3.63, 3.8) is 0 Å². The van der Waals surface area contributed by atoms with Gasteiger partial charge in [0.2, 0.25) is 0 Å². The number of nitrogens with zero attached hydrogens (tertiary/aromatic N) is 6. The Hall–Kier alpha value is -6.24.